The molecule has 5 nitrogen and oxygen atoms in total. The zero-order chi connectivity index (χ0) is 16.8. The van der Waals surface area contributed by atoms with E-state index in [0.717, 1.165) is 63.6 Å². The highest BCUT2D eigenvalue weighted by molar-refractivity contribution is 5.43. The van der Waals surface area contributed by atoms with Crippen LogP contribution in [0.15, 0.2) is 18.2 Å². The summed E-state index contributed by atoms with van der Waals surface area (Å²) in [6, 6.07) is 6.39. The molecule has 1 aromatic rings. The molecule has 1 N–H and O–H groups in total. The number of rotatable bonds is 6. The number of benzene rings is 1. The Balaban J connectivity index is 1.61. The molecule has 2 aliphatic rings. The van der Waals surface area contributed by atoms with Gasteiger partial charge in [0.05, 0.1) is 7.11 Å². The van der Waals surface area contributed by atoms with Gasteiger partial charge in [0.25, 0.3) is 0 Å². The number of nitrogens with one attached hydrogen (secondary N) is 1. The molecule has 3 rings (SSSR count). The van der Waals surface area contributed by atoms with Gasteiger partial charge in [-0.05, 0) is 50.6 Å². The summed E-state index contributed by atoms with van der Waals surface area (Å²) in [4.78, 5) is 4.87. The van der Waals surface area contributed by atoms with E-state index < -0.39 is 0 Å². The Kier molecular flexibility index (Phi) is 6.35. The molecule has 134 valence electrons. The molecule has 0 amide bonds. The molecule has 2 saturated heterocycles. The van der Waals surface area contributed by atoms with Gasteiger partial charge in [0.2, 0.25) is 0 Å². The summed E-state index contributed by atoms with van der Waals surface area (Å²) in [6.07, 6.45) is 3.65. The van der Waals surface area contributed by atoms with Crippen molar-refractivity contribution >= 4 is 0 Å². The highest BCUT2D eigenvalue weighted by Gasteiger charge is 2.20. The maximum atomic E-state index is 6.29. The maximum Gasteiger partial charge on any atom is 0.161 e. The van der Waals surface area contributed by atoms with E-state index in [2.05, 4.69) is 40.4 Å². The number of hydrogen-bond acceptors (Lipinski definition) is 5. The van der Waals surface area contributed by atoms with Gasteiger partial charge in [-0.15, -0.1) is 0 Å². The van der Waals surface area contributed by atoms with Crippen LogP contribution in [-0.4, -0.2) is 75.9 Å². The first-order valence-electron chi connectivity index (χ1n) is 9.20. The number of nitrogens with zero attached hydrogens (tertiary/aromatic N) is 2. The second-order valence-electron chi connectivity index (χ2n) is 6.97. The van der Waals surface area contributed by atoms with Crippen LogP contribution in [0, 0.1) is 0 Å². The monoisotopic (exact) mass is 333 g/mol. The number of likely N-dealkylation sites (N-methyl/N-ethyl adjacent to an activating group) is 1. The first kappa shape index (κ1) is 17.5. The Hall–Kier alpha value is -1.30. The van der Waals surface area contributed by atoms with Crippen molar-refractivity contribution in [1.82, 2.24) is 15.1 Å². The van der Waals surface area contributed by atoms with Crippen LogP contribution in [0.5, 0.6) is 11.5 Å². The minimum atomic E-state index is 0.265. The fraction of sp³-hybridized carbons (Fsp3) is 0.684. The van der Waals surface area contributed by atoms with E-state index in [1.807, 2.05) is 0 Å². The summed E-state index contributed by atoms with van der Waals surface area (Å²) in [5.74, 6) is 1.74. The summed E-state index contributed by atoms with van der Waals surface area (Å²) >= 11 is 0. The summed E-state index contributed by atoms with van der Waals surface area (Å²) in [7, 11) is 3.88. The Morgan fingerprint density at radius 1 is 1.17 bits per heavy atom. The van der Waals surface area contributed by atoms with E-state index >= 15 is 0 Å². The summed E-state index contributed by atoms with van der Waals surface area (Å²) in [5.41, 5.74) is 1.33. The fourth-order valence-electron chi connectivity index (χ4n) is 3.59. The highest BCUT2D eigenvalue weighted by atomic mass is 16.5. The summed E-state index contributed by atoms with van der Waals surface area (Å²) in [6.45, 7) is 7.77. The molecule has 1 atom stereocenters. The molecule has 2 fully saturated rings. The number of hydrogen-bond donors (Lipinski definition) is 1. The average Bonchev–Trinajstić information content (AvgIpc) is 2.61. The Labute approximate surface area is 145 Å². The zero-order valence-corrected chi connectivity index (χ0v) is 15.1. The topological polar surface area (TPSA) is 37.0 Å². The van der Waals surface area contributed by atoms with Gasteiger partial charge in [-0.3, -0.25) is 0 Å². The van der Waals surface area contributed by atoms with E-state index in [-0.39, 0.29) is 6.10 Å². The second-order valence-corrected chi connectivity index (χ2v) is 6.97. The minimum absolute atomic E-state index is 0.265. The Morgan fingerprint density at radius 2 is 2.00 bits per heavy atom. The summed E-state index contributed by atoms with van der Waals surface area (Å²) < 4.78 is 11.8. The predicted octanol–water partition coefficient (Wildman–Crippen LogP) is 1.62. The first-order chi connectivity index (χ1) is 11.7. The molecule has 0 spiro atoms. The van der Waals surface area contributed by atoms with Gasteiger partial charge in [-0.1, -0.05) is 6.07 Å². The van der Waals surface area contributed by atoms with Crippen LogP contribution in [0.3, 0.4) is 0 Å². The van der Waals surface area contributed by atoms with Crippen molar-refractivity contribution in [2.75, 3.05) is 60.0 Å². The third-order valence-electron chi connectivity index (χ3n) is 5.03. The van der Waals surface area contributed by atoms with Crippen LogP contribution >= 0.6 is 0 Å². The first-order valence-corrected chi connectivity index (χ1v) is 9.20. The van der Waals surface area contributed by atoms with Crippen LogP contribution in [-0.2, 0) is 6.42 Å². The molecule has 2 heterocycles. The van der Waals surface area contributed by atoms with Gasteiger partial charge in [-0.2, -0.15) is 0 Å². The van der Waals surface area contributed by atoms with E-state index in [9.17, 15) is 0 Å². The number of likely N-dealkylation sites (tertiary alicyclic amines) is 1. The number of methoxy groups -OCH3 is 1. The lowest BCUT2D eigenvalue weighted by atomic mass is 10.1. The maximum absolute atomic E-state index is 6.29. The van der Waals surface area contributed by atoms with Gasteiger partial charge >= 0.3 is 0 Å². The van der Waals surface area contributed by atoms with Crippen LogP contribution in [0.2, 0.25) is 0 Å². The Bertz CT molecular complexity index is 517. The van der Waals surface area contributed by atoms with E-state index in [0.29, 0.717) is 0 Å². The second kappa shape index (κ2) is 8.70. The van der Waals surface area contributed by atoms with Gasteiger partial charge in [0.1, 0.15) is 6.10 Å². The van der Waals surface area contributed by atoms with Crippen molar-refractivity contribution in [1.29, 1.82) is 0 Å². The largest absolute Gasteiger partial charge is 0.493 e. The number of piperidine rings is 1. The molecule has 1 aromatic carbocycles. The van der Waals surface area contributed by atoms with E-state index in [1.54, 1.807) is 7.11 Å². The lowest BCUT2D eigenvalue weighted by Gasteiger charge is -2.30. The molecule has 2 aliphatic heterocycles. The van der Waals surface area contributed by atoms with Gasteiger partial charge in [0.15, 0.2) is 11.5 Å². The zero-order valence-electron chi connectivity index (χ0n) is 15.1. The smallest absolute Gasteiger partial charge is 0.161 e. The number of ether oxygens (including phenoxy) is 2. The SMILES string of the molecule is COc1ccc(CCN2CCNCC2)cc1OC1CCCN(C)C1. The molecule has 0 saturated carbocycles. The van der Waals surface area contributed by atoms with Gasteiger partial charge in [0, 0.05) is 39.3 Å². The third kappa shape index (κ3) is 4.85. The molecule has 5 heteroatoms. The average molecular weight is 333 g/mol. The van der Waals surface area contributed by atoms with Gasteiger partial charge in [-0.25, -0.2) is 0 Å². The fourth-order valence-corrected chi connectivity index (χ4v) is 3.59. The molecule has 1 unspecified atom stereocenters. The van der Waals surface area contributed by atoms with Crippen molar-refractivity contribution in [3.8, 4) is 11.5 Å². The Morgan fingerprint density at radius 3 is 2.75 bits per heavy atom. The minimum Gasteiger partial charge on any atom is -0.493 e. The molecule has 0 bridgehead atoms. The standard InChI is InChI=1S/C19H31N3O2/c1-21-10-3-4-17(15-21)24-19-14-16(5-6-18(19)23-2)7-11-22-12-8-20-9-13-22/h5-6,14,17,20H,3-4,7-13,15H2,1-2H3. The normalized spacial score (nSPS) is 23.2. The molecular weight excluding hydrogens is 302 g/mol. The van der Waals surface area contributed by atoms with Crippen molar-refractivity contribution in [2.24, 2.45) is 0 Å². The molecule has 24 heavy (non-hydrogen) atoms. The summed E-state index contributed by atoms with van der Waals surface area (Å²) in [5, 5.41) is 3.40. The van der Waals surface area contributed by atoms with Crippen LogP contribution < -0.4 is 14.8 Å². The van der Waals surface area contributed by atoms with E-state index in [1.165, 1.54) is 18.5 Å². The van der Waals surface area contributed by atoms with Crippen molar-refractivity contribution < 1.29 is 9.47 Å². The van der Waals surface area contributed by atoms with Crippen molar-refractivity contribution in [3.05, 3.63) is 23.8 Å². The van der Waals surface area contributed by atoms with Gasteiger partial charge < -0.3 is 24.6 Å². The quantitative estimate of drug-likeness (QED) is 0.856. The van der Waals surface area contributed by atoms with Crippen molar-refractivity contribution in [2.45, 2.75) is 25.4 Å². The molecular formula is C19H31N3O2. The van der Waals surface area contributed by atoms with E-state index in [4.69, 9.17) is 9.47 Å². The molecule has 0 aromatic heterocycles. The van der Waals surface area contributed by atoms with Crippen LogP contribution in [0.4, 0.5) is 0 Å². The molecule has 0 aliphatic carbocycles. The van der Waals surface area contributed by atoms with Crippen LogP contribution in [0.1, 0.15) is 18.4 Å². The van der Waals surface area contributed by atoms with Crippen molar-refractivity contribution in [3.63, 3.8) is 0 Å². The lowest BCUT2D eigenvalue weighted by molar-refractivity contribution is 0.101. The lowest BCUT2D eigenvalue weighted by Crippen LogP contribution is -2.44. The third-order valence-corrected chi connectivity index (χ3v) is 5.03. The predicted molar refractivity (Wildman–Crippen MR) is 97.2 cm³/mol. The van der Waals surface area contributed by atoms with Crippen LogP contribution in [0.25, 0.3) is 0 Å². The molecule has 0 radical (unpaired) electrons. The number of piperazine rings is 1. The highest BCUT2D eigenvalue weighted by Crippen LogP contribution is 2.30.